The molecule has 0 spiro atoms. The summed E-state index contributed by atoms with van der Waals surface area (Å²) in [6.07, 6.45) is 0. The number of carbonyl (C=O) groups excluding carboxylic acids is 1. The fraction of sp³-hybridized carbons (Fsp3) is 0.133. The van der Waals surface area contributed by atoms with Crippen LogP contribution in [0.2, 0.25) is 0 Å². The van der Waals surface area contributed by atoms with Crippen LogP contribution in [-0.2, 0) is 11.3 Å². The summed E-state index contributed by atoms with van der Waals surface area (Å²) in [7, 11) is 1.30. The lowest BCUT2D eigenvalue weighted by molar-refractivity contribution is 0.0600. The first kappa shape index (κ1) is 15.4. The lowest BCUT2D eigenvalue weighted by Gasteiger charge is -2.09. The van der Waals surface area contributed by atoms with Crippen molar-refractivity contribution in [3.05, 3.63) is 63.6 Å². The number of rotatable bonds is 4. The second-order valence-corrected chi connectivity index (χ2v) is 5.02. The SMILES string of the molecule is COC(=O)c1ccc(COc2ccc(F)c(F)c2)c(Br)c1. The van der Waals surface area contributed by atoms with Crippen LogP contribution in [0.4, 0.5) is 8.78 Å². The van der Waals surface area contributed by atoms with E-state index in [-0.39, 0.29) is 12.4 Å². The van der Waals surface area contributed by atoms with Crippen LogP contribution in [0.5, 0.6) is 5.75 Å². The van der Waals surface area contributed by atoms with Crippen molar-refractivity contribution in [2.45, 2.75) is 6.61 Å². The summed E-state index contributed by atoms with van der Waals surface area (Å²) >= 11 is 3.32. The number of hydrogen-bond donors (Lipinski definition) is 0. The molecule has 0 radical (unpaired) electrons. The second-order valence-electron chi connectivity index (χ2n) is 4.16. The molecular weight excluding hydrogens is 346 g/mol. The van der Waals surface area contributed by atoms with Crippen LogP contribution >= 0.6 is 15.9 Å². The van der Waals surface area contributed by atoms with Gasteiger partial charge in [-0.25, -0.2) is 13.6 Å². The van der Waals surface area contributed by atoms with E-state index in [2.05, 4.69) is 20.7 Å². The molecule has 0 unspecified atom stereocenters. The van der Waals surface area contributed by atoms with Crippen LogP contribution in [0.1, 0.15) is 15.9 Å². The largest absolute Gasteiger partial charge is 0.489 e. The van der Waals surface area contributed by atoms with Crippen molar-refractivity contribution >= 4 is 21.9 Å². The van der Waals surface area contributed by atoms with Gasteiger partial charge in [0.1, 0.15) is 12.4 Å². The summed E-state index contributed by atoms with van der Waals surface area (Å²) in [6.45, 7) is 0.146. The van der Waals surface area contributed by atoms with Crippen LogP contribution in [0, 0.1) is 11.6 Å². The smallest absolute Gasteiger partial charge is 0.337 e. The predicted octanol–water partition coefficient (Wildman–Crippen LogP) is 4.09. The van der Waals surface area contributed by atoms with E-state index in [4.69, 9.17) is 4.74 Å². The first-order valence-corrected chi connectivity index (χ1v) is 6.75. The average Bonchev–Trinajstić information content (AvgIpc) is 2.48. The molecule has 0 atom stereocenters. The fourth-order valence-corrected chi connectivity index (χ4v) is 2.13. The first-order valence-electron chi connectivity index (χ1n) is 5.96. The van der Waals surface area contributed by atoms with Gasteiger partial charge in [-0.2, -0.15) is 0 Å². The van der Waals surface area contributed by atoms with Gasteiger partial charge in [0.05, 0.1) is 12.7 Å². The third kappa shape index (κ3) is 3.78. The maximum atomic E-state index is 13.0. The van der Waals surface area contributed by atoms with E-state index in [1.54, 1.807) is 18.2 Å². The second kappa shape index (κ2) is 6.67. The molecule has 21 heavy (non-hydrogen) atoms. The first-order chi connectivity index (χ1) is 10.0. The number of methoxy groups -OCH3 is 1. The molecule has 0 aliphatic heterocycles. The molecule has 0 fully saturated rings. The number of carbonyl (C=O) groups is 1. The Labute approximate surface area is 128 Å². The van der Waals surface area contributed by atoms with Crippen LogP contribution in [0.25, 0.3) is 0 Å². The number of hydrogen-bond acceptors (Lipinski definition) is 3. The van der Waals surface area contributed by atoms with Crippen LogP contribution < -0.4 is 4.74 Å². The van der Waals surface area contributed by atoms with E-state index in [1.165, 1.54) is 13.2 Å². The lowest BCUT2D eigenvalue weighted by Crippen LogP contribution is -2.03. The van der Waals surface area contributed by atoms with Crippen LogP contribution in [-0.4, -0.2) is 13.1 Å². The Bertz CT molecular complexity index is 674. The Kier molecular flexibility index (Phi) is 4.90. The predicted molar refractivity (Wildman–Crippen MR) is 76.2 cm³/mol. The Morgan fingerprint density at radius 2 is 1.90 bits per heavy atom. The van der Waals surface area contributed by atoms with Gasteiger partial charge in [-0.05, 0) is 24.3 Å². The molecule has 0 aromatic heterocycles. The van der Waals surface area contributed by atoms with Crippen molar-refractivity contribution in [3.63, 3.8) is 0 Å². The third-order valence-electron chi connectivity index (χ3n) is 2.76. The van der Waals surface area contributed by atoms with Crippen molar-refractivity contribution in [2.75, 3.05) is 7.11 Å². The van der Waals surface area contributed by atoms with Gasteiger partial charge in [0.25, 0.3) is 0 Å². The summed E-state index contributed by atoms with van der Waals surface area (Å²) in [4.78, 5) is 11.4. The van der Waals surface area contributed by atoms with E-state index in [9.17, 15) is 13.6 Å². The molecule has 0 saturated heterocycles. The Balaban J connectivity index is 2.09. The monoisotopic (exact) mass is 356 g/mol. The fourth-order valence-electron chi connectivity index (χ4n) is 1.64. The maximum Gasteiger partial charge on any atom is 0.337 e. The minimum atomic E-state index is -0.965. The zero-order valence-electron chi connectivity index (χ0n) is 11.0. The van der Waals surface area contributed by atoms with Gasteiger partial charge in [-0.3, -0.25) is 0 Å². The number of halogens is 3. The van der Waals surface area contributed by atoms with Gasteiger partial charge < -0.3 is 9.47 Å². The van der Waals surface area contributed by atoms with E-state index in [0.29, 0.717) is 10.0 Å². The van der Waals surface area contributed by atoms with Crippen molar-refractivity contribution in [1.29, 1.82) is 0 Å². The van der Waals surface area contributed by atoms with Gasteiger partial charge in [-0.1, -0.05) is 22.0 Å². The number of benzene rings is 2. The molecule has 0 bridgehead atoms. The Hall–Kier alpha value is -1.95. The van der Waals surface area contributed by atoms with Gasteiger partial charge in [0, 0.05) is 16.1 Å². The van der Waals surface area contributed by atoms with Gasteiger partial charge in [0.2, 0.25) is 0 Å². The minimum Gasteiger partial charge on any atom is -0.489 e. The Morgan fingerprint density at radius 3 is 2.52 bits per heavy atom. The molecule has 0 saturated carbocycles. The normalized spacial score (nSPS) is 10.3. The maximum absolute atomic E-state index is 13.0. The van der Waals surface area contributed by atoms with Crippen LogP contribution in [0.15, 0.2) is 40.9 Å². The van der Waals surface area contributed by atoms with Gasteiger partial charge >= 0.3 is 5.97 Å². The van der Waals surface area contributed by atoms with Crippen molar-refractivity contribution in [1.82, 2.24) is 0 Å². The van der Waals surface area contributed by atoms with Crippen LogP contribution in [0.3, 0.4) is 0 Å². The highest BCUT2D eigenvalue weighted by Crippen LogP contribution is 2.22. The van der Waals surface area contributed by atoms with E-state index >= 15 is 0 Å². The van der Waals surface area contributed by atoms with Crippen molar-refractivity contribution < 1.29 is 23.0 Å². The molecule has 2 aromatic rings. The van der Waals surface area contributed by atoms with Crippen molar-refractivity contribution in [3.8, 4) is 5.75 Å². The topological polar surface area (TPSA) is 35.5 Å². The average molecular weight is 357 g/mol. The highest BCUT2D eigenvalue weighted by Gasteiger charge is 2.09. The summed E-state index contributed by atoms with van der Waals surface area (Å²) in [5.41, 5.74) is 1.16. The molecule has 110 valence electrons. The van der Waals surface area contributed by atoms with E-state index in [0.717, 1.165) is 17.7 Å². The molecule has 2 aromatic carbocycles. The minimum absolute atomic E-state index is 0.146. The summed E-state index contributed by atoms with van der Waals surface area (Å²) in [5.74, 6) is -2.11. The standard InChI is InChI=1S/C15H11BrF2O3/c1-20-15(19)9-2-3-10(12(16)6-9)8-21-11-4-5-13(17)14(18)7-11/h2-7H,8H2,1H3. The summed E-state index contributed by atoms with van der Waals surface area (Å²) in [5, 5.41) is 0. The van der Waals surface area contributed by atoms with Gasteiger partial charge in [-0.15, -0.1) is 0 Å². The molecular formula is C15H11BrF2O3. The summed E-state index contributed by atoms with van der Waals surface area (Å²) in [6, 6.07) is 8.22. The van der Waals surface area contributed by atoms with E-state index < -0.39 is 17.6 Å². The third-order valence-corrected chi connectivity index (χ3v) is 3.50. The lowest BCUT2D eigenvalue weighted by atomic mass is 10.1. The zero-order valence-corrected chi connectivity index (χ0v) is 12.6. The highest BCUT2D eigenvalue weighted by molar-refractivity contribution is 9.10. The molecule has 0 heterocycles. The van der Waals surface area contributed by atoms with Crippen molar-refractivity contribution in [2.24, 2.45) is 0 Å². The zero-order chi connectivity index (χ0) is 15.4. The molecule has 0 N–H and O–H groups in total. The number of esters is 1. The molecule has 0 aliphatic carbocycles. The molecule has 0 aliphatic rings. The molecule has 2 rings (SSSR count). The highest BCUT2D eigenvalue weighted by atomic mass is 79.9. The Morgan fingerprint density at radius 1 is 1.14 bits per heavy atom. The van der Waals surface area contributed by atoms with E-state index in [1.807, 2.05) is 0 Å². The number of ether oxygens (including phenoxy) is 2. The molecule has 6 heteroatoms. The van der Waals surface area contributed by atoms with Gasteiger partial charge in [0.15, 0.2) is 11.6 Å². The quantitative estimate of drug-likeness (QED) is 0.774. The molecule has 0 amide bonds. The summed E-state index contributed by atoms with van der Waals surface area (Å²) < 4.78 is 36.5. The molecule has 3 nitrogen and oxygen atoms in total.